The number of aliphatic hydroxyl groups excluding tert-OH is 1. The van der Waals surface area contributed by atoms with Crippen molar-refractivity contribution in [2.24, 2.45) is 17.1 Å². The van der Waals surface area contributed by atoms with Gasteiger partial charge in [-0.15, -0.1) is 0 Å². The van der Waals surface area contributed by atoms with Gasteiger partial charge in [0.1, 0.15) is 0 Å². The van der Waals surface area contributed by atoms with E-state index in [1.165, 1.54) is 18.4 Å². The molecule has 0 bridgehead atoms. The first kappa shape index (κ1) is 11.9. The third-order valence-electron chi connectivity index (χ3n) is 3.61. The minimum atomic E-state index is -0.134. The SMILES string of the molecule is NCC(CO)(Cc1cccc(Cl)c1)C1CC1. The van der Waals surface area contributed by atoms with Crippen LogP contribution in [0.5, 0.6) is 0 Å². The number of rotatable bonds is 5. The fourth-order valence-corrected chi connectivity index (χ4v) is 2.59. The van der Waals surface area contributed by atoms with Crippen molar-refractivity contribution in [2.75, 3.05) is 13.2 Å². The van der Waals surface area contributed by atoms with Crippen LogP contribution in [-0.4, -0.2) is 18.3 Å². The molecule has 0 spiro atoms. The van der Waals surface area contributed by atoms with Crippen LogP contribution in [0.25, 0.3) is 0 Å². The summed E-state index contributed by atoms with van der Waals surface area (Å²) in [5.41, 5.74) is 6.88. The summed E-state index contributed by atoms with van der Waals surface area (Å²) in [6.45, 7) is 0.710. The second kappa shape index (κ2) is 4.74. The van der Waals surface area contributed by atoms with Crippen molar-refractivity contribution in [1.82, 2.24) is 0 Å². The summed E-state index contributed by atoms with van der Waals surface area (Å²) < 4.78 is 0. The van der Waals surface area contributed by atoms with E-state index < -0.39 is 0 Å². The van der Waals surface area contributed by atoms with E-state index >= 15 is 0 Å². The maximum Gasteiger partial charge on any atom is 0.0505 e. The Morgan fingerprint density at radius 3 is 2.69 bits per heavy atom. The molecule has 1 fully saturated rings. The molecule has 0 amide bonds. The Labute approximate surface area is 101 Å². The summed E-state index contributed by atoms with van der Waals surface area (Å²) in [7, 11) is 0. The molecule has 3 heteroatoms. The molecule has 0 saturated heterocycles. The summed E-state index contributed by atoms with van der Waals surface area (Å²) in [6.07, 6.45) is 3.21. The van der Waals surface area contributed by atoms with E-state index in [1.54, 1.807) is 0 Å². The minimum absolute atomic E-state index is 0.134. The monoisotopic (exact) mass is 239 g/mol. The lowest BCUT2D eigenvalue weighted by Crippen LogP contribution is -2.38. The zero-order valence-corrected chi connectivity index (χ0v) is 10.1. The Morgan fingerprint density at radius 2 is 2.19 bits per heavy atom. The van der Waals surface area contributed by atoms with Crippen LogP contribution in [0.3, 0.4) is 0 Å². The van der Waals surface area contributed by atoms with Crippen molar-refractivity contribution in [1.29, 1.82) is 0 Å². The smallest absolute Gasteiger partial charge is 0.0505 e. The van der Waals surface area contributed by atoms with E-state index in [1.807, 2.05) is 24.3 Å². The molecule has 2 rings (SSSR count). The molecule has 88 valence electrons. The number of nitrogens with two attached hydrogens (primary N) is 1. The highest BCUT2D eigenvalue weighted by Crippen LogP contribution is 2.46. The van der Waals surface area contributed by atoms with Crippen LogP contribution in [0, 0.1) is 11.3 Å². The Balaban J connectivity index is 2.16. The molecule has 16 heavy (non-hydrogen) atoms. The van der Waals surface area contributed by atoms with Crippen LogP contribution < -0.4 is 5.73 Å². The first-order chi connectivity index (χ1) is 7.70. The molecular formula is C13H18ClNO. The molecular weight excluding hydrogens is 222 g/mol. The van der Waals surface area contributed by atoms with Crippen LogP contribution in [0.15, 0.2) is 24.3 Å². The topological polar surface area (TPSA) is 46.2 Å². The molecule has 1 saturated carbocycles. The normalized spacial score (nSPS) is 19.4. The standard InChI is InChI=1S/C13H18ClNO/c14-12-3-1-2-10(6-12)7-13(8-15,9-16)11-4-5-11/h1-3,6,11,16H,4-5,7-9,15H2. The van der Waals surface area contributed by atoms with Gasteiger partial charge in [0, 0.05) is 17.0 Å². The summed E-state index contributed by atoms with van der Waals surface area (Å²) in [5.74, 6) is 0.585. The fraction of sp³-hybridized carbons (Fsp3) is 0.538. The lowest BCUT2D eigenvalue weighted by atomic mass is 9.78. The second-order valence-electron chi connectivity index (χ2n) is 4.81. The zero-order chi connectivity index (χ0) is 11.6. The summed E-state index contributed by atoms with van der Waals surface area (Å²) in [5, 5.41) is 10.4. The third kappa shape index (κ3) is 2.40. The molecule has 1 atom stereocenters. The average molecular weight is 240 g/mol. The molecule has 0 aromatic heterocycles. The van der Waals surface area contributed by atoms with E-state index in [0.717, 1.165) is 11.4 Å². The van der Waals surface area contributed by atoms with Gasteiger partial charge in [-0.25, -0.2) is 0 Å². The number of halogens is 1. The molecule has 0 radical (unpaired) electrons. The van der Waals surface area contributed by atoms with Crippen LogP contribution in [0.1, 0.15) is 18.4 Å². The highest BCUT2D eigenvalue weighted by Gasteiger charge is 2.43. The van der Waals surface area contributed by atoms with Crippen molar-refractivity contribution >= 4 is 11.6 Å². The largest absolute Gasteiger partial charge is 0.396 e. The van der Waals surface area contributed by atoms with E-state index in [4.69, 9.17) is 17.3 Å². The van der Waals surface area contributed by atoms with Crippen molar-refractivity contribution in [3.8, 4) is 0 Å². The number of hydrogen-bond donors (Lipinski definition) is 2. The Kier molecular flexibility index (Phi) is 3.53. The molecule has 1 aromatic rings. The van der Waals surface area contributed by atoms with Crippen molar-refractivity contribution in [3.63, 3.8) is 0 Å². The van der Waals surface area contributed by atoms with Gasteiger partial charge in [0.2, 0.25) is 0 Å². The van der Waals surface area contributed by atoms with Gasteiger partial charge in [0.25, 0.3) is 0 Å². The van der Waals surface area contributed by atoms with Gasteiger partial charge >= 0.3 is 0 Å². The van der Waals surface area contributed by atoms with Gasteiger partial charge in [0.05, 0.1) is 6.61 Å². The van der Waals surface area contributed by atoms with Crippen LogP contribution in [0.4, 0.5) is 0 Å². The molecule has 1 aromatic carbocycles. The molecule has 1 unspecified atom stereocenters. The summed E-state index contributed by atoms with van der Waals surface area (Å²) >= 11 is 5.96. The predicted octanol–water partition coefficient (Wildman–Crippen LogP) is 2.23. The fourth-order valence-electron chi connectivity index (χ4n) is 2.38. The Hall–Kier alpha value is -0.570. The highest BCUT2D eigenvalue weighted by molar-refractivity contribution is 6.30. The molecule has 2 nitrogen and oxygen atoms in total. The number of hydrogen-bond acceptors (Lipinski definition) is 2. The number of aliphatic hydroxyl groups is 1. The first-order valence-electron chi connectivity index (χ1n) is 5.75. The molecule has 0 heterocycles. The van der Waals surface area contributed by atoms with Gasteiger partial charge in [-0.1, -0.05) is 23.7 Å². The van der Waals surface area contributed by atoms with Crippen LogP contribution in [0.2, 0.25) is 5.02 Å². The number of benzene rings is 1. The lowest BCUT2D eigenvalue weighted by Gasteiger charge is -2.30. The van der Waals surface area contributed by atoms with Gasteiger partial charge in [-0.3, -0.25) is 0 Å². The molecule has 1 aliphatic rings. The average Bonchev–Trinajstić information content (AvgIpc) is 3.10. The molecule has 3 N–H and O–H groups in total. The predicted molar refractivity (Wildman–Crippen MR) is 66.5 cm³/mol. The summed E-state index contributed by atoms with van der Waals surface area (Å²) in [4.78, 5) is 0. The molecule has 1 aliphatic carbocycles. The third-order valence-corrected chi connectivity index (χ3v) is 3.85. The maximum absolute atomic E-state index is 9.60. The second-order valence-corrected chi connectivity index (χ2v) is 5.24. The quantitative estimate of drug-likeness (QED) is 0.828. The van der Waals surface area contributed by atoms with Crippen molar-refractivity contribution in [3.05, 3.63) is 34.9 Å². The van der Waals surface area contributed by atoms with Crippen LogP contribution >= 0.6 is 11.6 Å². The van der Waals surface area contributed by atoms with Crippen molar-refractivity contribution < 1.29 is 5.11 Å². The van der Waals surface area contributed by atoms with E-state index in [2.05, 4.69) is 0 Å². The van der Waals surface area contributed by atoms with Crippen LogP contribution in [-0.2, 0) is 6.42 Å². The van der Waals surface area contributed by atoms with Gasteiger partial charge in [0.15, 0.2) is 0 Å². The minimum Gasteiger partial charge on any atom is -0.396 e. The van der Waals surface area contributed by atoms with Gasteiger partial charge in [-0.05, 0) is 42.9 Å². The first-order valence-corrected chi connectivity index (χ1v) is 6.13. The van der Waals surface area contributed by atoms with Gasteiger partial charge in [-0.2, -0.15) is 0 Å². The zero-order valence-electron chi connectivity index (χ0n) is 9.32. The lowest BCUT2D eigenvalue weighted by molar-refractivity contribution is 0.109. The van der Waals surface area contributed by atoms with E-state index in [9.17, 15) is 5.11 Å². The van der Waals surface area contributed by atoms with E-state index in [0.29, 0.717) is 12.5 Å². The van der Waals surface area contributed by atoms with E-state index in [-0.39, 0.29) is 12.0 Å². The Morgan fingerprint density at radius 1 is 1.44 bits per heavy atom. The Bertz CT molecular complexity index is 359. The maximum atomic E-state index is 9.60. The highest BCUT2D eigenvalue weighted by atomic mass is 35.5. The molecule has 0 aliphatic heterocycles. The van der Waals surface area contributed by atoms with Gasteiger partial charge < -0.3 is 10.8 Å². The van der Waals surface area contributed by atoms with Crippen molar-refractivity contribution in [2.45, 2.75) is 19.3 Å². The summed E-state index contributed by atoms with van der Waals surface area (Å²) in [6, 6.07) is 7.83.